The Morgan fingerprint density at radius 2 is 1.39 bits per heavy atom. The molecule has 0 aliphatic heterocycles. The molecule has 0 amide bonds. The summed E-state index contributed by atoms with van der Waals surface area (Å²) in [4.78, 5) is 0. The molecule has 0 aliphatic carbocycles. The number of aliphatic hydroxyl groups excluding tert-OH is 1. The average Bonchev–Trinajstić information content (AvgIpc) is 2.96. The topological polar surface area (TPSA) is 95.8 Å². The van der Waals surface area contributed by atoms with E-state index in [0.717, 1.165) is 19.3 Å². The van der Waals surface area contributed by atoms with Crippen LogP contribution in [0, 0.1) is 5.92 Å². The van der Waals surface area contributed by atoms with Crippen molar-refractivity contribution >= 4 is 10.8 Å². The standard InChI is InChI=1S/C30H40O8/c1-9-17(10-2)11-13-19-26(30(32)38-8)24(18-12-14-21(33-3)22(15-18)34-4)25-20(27(19)31)16-23(35-5)28(36-6)29(25)37-7/h12,14-17,30-32H,9-11,13H2,1-8H3. The van der Waals surface area contributed by atoms with Gasteiger partial charge in [0.25, 0.3) is 0 Å². The maximum Gasteiger partial charge on any atom is 0.203 e. The summed E-state index contributed by atoms with van der Waals surface area (Å²) in [5.74, 6) is 2.73. The molecular weight excluding hydrogens is 488 g/mol. The molecule has 0 bridgehead atoms. The molecule has 3 aromatic rings. The molecule has 0 aromatic heterocycles. The van der Waals surface area contributed by atoms with Gasteiger partial charge in [-0.2, -0.15) is 0 Å². The van der Waals surface area contributed by atoms with Crippen LogP contribution in [-0.2, 0) is 11.2 Å². The Kier molecular flexibility index (Phi) is 9.94. The van der Waals surface area contributed by atoms with E-state index in [2.05, 4.69) is 13.8 Å². The number of phenolic OH excluding ortho intramolecular Hbond substituents is 1. The maximum absolute atomic E-state index is 11.7. The van der Waals surface area contributed by atoms with Gasteiger partial charge in [0.1, 0.15) is 5.75 Å². The van der Waals surface area contributed by atoms with E-state index in [1.165, 1.54) is 28.4 Å². The molecule has 0 spiro atoms. The van der Waals surface area contributed by atoms with Gasteiger partial charge in [-0.1, -0.05) is 32.8 Å². The Balaban J connectivity index is 2.57. The van der Waals surface area contributed by atoms with Crippen molar-refractivity contribution in [3.8, 4) is 45.6 Å². The van der Waals surface area contributed by atoms with Crippen LogP contribution in [0.2, 0.25) is 0 Å². The Hall–Kier alpha value is -3.36. The zero-order chi connectivity index (χ0) is 28.0. The lowest BCUT2D eigenvalue weighted by molar-refractivity contribution is -0.0771. The highest BCUT2D eigenvalue weighted by Gasteiger charge is 2.30. The van der Waals surface area contributed by atoms with Crippen LogP contribution in [0.5, 0.6) is 34.5 Å². The third kappa shape index (κ3) is 5.28. The van der Waals surface area contributed by atoms with Crippen LogP contribution in [0.15, 0.2) is 24.3 Å². The number of aliphatic hydroxyl groups is 1. The van der Waals surface area contributed by atoms with Gasteiger partial charge in [-0.15, -0.1) is 0 Å². The second-order valence-corrected chi connectivity index (χ2v) is 9.06. The van der Waals surface area contributed by atoms with Crippen LogP contribution < -0.4 is 23.7 Å². The molecule has 0 saturated heterocycles. The predicted octanol–water partition coefficient (Wildman–Crippen LogP) is 6.26. The van der Waals surface area contributed by atoms with Crippen LogP contribution in [0.1, 0.15) is 50.5 Å². The van der Waals surface area contributed by atoms with Crippen molar-refractivity contribution in [2.75, 3.05) is 42.7 Å². The third-order valence-electron chi connectivity index (χ3n) is 7.32. The van der Waals surface area contributed by atoms with Crippen LogP contribution >= 0.6 is 0 Å². The summed E-state index contributed by atoms with van der Waals surface area (Å²) < 4.78 is 33.7. The molecule has 3 rings (SSSR count). The van der Waals surface area contributed by atoms with Crippen molar-refractivity contribution in [2.45, 2.75) is 45.8 Å². The first kappa shape index (κ1) is 29.2. The largest absolute Gasteiger partial charge is 0.507 e. The molecular formula is C30H40O8. The lowest BCUT2D eigenvalue weighted by atomic mass is 9.84. The van der Waals surface area contributed by atoms with Gasteiger partial charge in [0.2, 0.25) is 5.75 Å². The third-order valence-corrected chi connectivity index (χ3v) is 7.32. The van der Waals surface area contributed by atoms with Crippen molar-refractivity contribution in [1.29, 1.82) is 0 Å². The number of phenols is 1. The second-order valence-electron chi connectivity index (χ2n) is 9.06. The first-order chi connectivity index (χ1) is 18.3. The van der Waals surface area contributed by atoms with Crippen LogP contribution in [-0.4, -0.2) is 52.9 Å². The lowest BCUT2D eigenvalue weighted by Gasteiger charge is -2.26. The summed E-state index contributed by atoms with van der Waals surface area (Å²) in [5.41, 5.74) is 2.41. The molecule has 3 aromatic carbocycles. The van der Waals surface area contributed by atoms with E-state index in [4.69, 9.17) is 28.4 Å². The molecule has 2 N–H and O–H groups in total. The summed E-state index contributed by atoms with van der Waals surface area (Å²) in [6.07, 6.45) is 2.11. The number of fused-ring (bicyclic) bond motifs is 1. The molecule has 1 atom stereocenters. The van der Waals surface area contributed by atoms with E-state index >= 15 is 0 Å². The quantitative estimate of drug-likeness (QED) is 0.251. The summed E-state index contributed by atoms with van der Waals surface area (Å²) in [6, 6.07) is 7.24. The van der Waals surface area contributed by atoms with Crippen molar-refractivity contribution in [1.82, 2.24) is 0 Å². The zero-order valence-corrected chi connectivity index (χ0v) is 23.6. The number of rotatable bonds is 13. The lowest BCUT2D eigenvalue weighted by Crippen LogP contribution is -2.10. The van der Waals surface area contributed by atoms with Gasteiger partial charge in [-0.05, 0) is 42.5 Å². The van der Waals surface area contributed by atoms with Crippen LogP contribution in [0.25, 0.3) is 21.9 Å². The first-order valence-electron chi connectivity index (χ1n) is 12.8. The van der Waals surface area contributed by atoms with Gasteiger partial charge in [0.05, 0.1) is 35.5 Å². The number of methoxy groups -OCH3 is 6. The van der Waals surface area contributed by atoms with E-state index < -0.39 is 6.29 Å². The van der Waals surface area contributed by atoms with Crippen molar-refractivity contribution in [3.63, 3.8) is 0 Å². The van der Waals surface area contributed by atoms with E-state index in [-0.39, 0.29) is 5.75 Å². The average molecular weight is 529 g/mol. The minimum absolute atomic E-state index is 0.0422. The highest BCUT2D eigenvalue weighted by atomic mass is 16.6. The fourth-order valence-electron chi connectivity index (χ4n) is 5.15. The Morgan fingerprint density at radius 3 is 1.92 bits per heavy atom. The molecule has 208 valence electrons. The van der Waals surface area contributed by atoms with Gasteiger partial charge in [-0.3, -0.25) is 0 Å². The van der Waals surface area contributed by atoms with Gasteiger partial charge in [-0.25, -0.2) is 0 Å². The normalized spacial score (nSPS) is 12.1. The first-order valence-corrected chi connectivity index (χ1v) is 12.8. The smallest absolute Gasteiger partial charge is 0.203 e. The SMILES string of the molecule is CCC(CC)CCc1c(C(O)OC)c(-c2ccc(OC)c(OC)c2)c2c(OC)c(OC)c(OC)cc2c1O. The number of hydrogen-bond acceptors (Lipinski definition) is 8. The Morgan fingerprint density at radius 1 is 0.763 bits per heavy atom. The molecule has 38 heavy (non-hydrogen) atoms. The number of aromatic hydroxyl groups is 1. The van der Waals surface area contributed by atoms with Crippen LogP contribution in [0.4, 0.5) is 0 Å². The van der Waals surface area contributed by atoms with Gasteiger partial charge in [0, 0.05) is 34.6 Å². The highest BCUT2D eigenvalue weighted by molar-refractivity contribution is 6.09. The van der Waals surface area contributed by atoms with Crippen molar-refractivity contribution in [2.24, 2.45) is 5.92 Å². The van der Waals surface area contributed by atoms with E-state index in [9.17, 15) is 10.2 Å². The molecule has 0 heterocycles. The minimum atomic E-state index is -1.32. The molecule has 8 nitrogen and oxygen atoms in total. The highest BCUT2D eigenvalue weighted by Crippen LogP contribution is 2.53. The Bertz CT molecular complexity index is 1250. The van der Waals surface area contributed by atoms with E-state index in [1.54, 1.807) is 26.4 Å². The molecule has 0 radical (unpaired) electrons. The number of ether oxygens (including phenoxy) is 6. The van der Waals surface area contributed by atoms with E-state index in [1.807, 2.05) is 12.1 Å². The number of hydrogen-bond donors (Lipinski definition) is 2. The predicted molar refractivity (Wildman–Crippen MR) is 148 cm³/mol. The summed E-state index contributed by atoms with van der Waals surface area (Å²) in [6.45, 7) is 4.33. The van der Waals surface area contributed by atoms with Gasteiger partial charge in [0.15, 0.2) is 29.3 Å². The van der Waals surface area contributed by atoms with Crippen molar-refractivity contribution < 1.29 is 38.6 Å². The second kappa shape index (κ2) is 12.9. The van der Waals surface area contributed by atoms with Crippen molar-refractivity contribution in [3.05, 3.63) is 35.4 Å². The van der Waals surface area contributed by atoms with Gasteiger partial charge < -0.3 is 38.6 Å². The van der Waals surface area contributed by atoms with E-state index in [0.29, 0.717) is 74.1 Å². The Labute approximate surface area is 225 Å². The molecule has 8 heteroatoms. The molecule has 0 aliphatic rings. The van der Waals surface area contributed by atoms with Gasteiger partial charge >= 0.3 is 0 Å². The summed E-state index contributed by atoms with van der Waals surface area (Å²) in [7, 11) is 9.16. The summed E-state index contributed by atoms with van der Waals surface area (Å²) >= 11 is 0. The monoisotopic (exact) mass is 528 g/mol. The molecule has 1 unspecified atom stereocenters. The molecule has 0 fully saturated rings. The number of benzene rings is 3. The summed E-state index contributed by atoms with van der Waals surface area (Å²) in [5, 5.41) is 24.0. The zero-order valence-electron chi connectivity index (χ0n) is 23.6. The fraction of sp³-hybridized carbons (Fsp3) is 0.467. The van der Waals surface area contributed by atoms with Crippen LogP contribution in [0.3, 0.4) is 0 Å². The fourth-order valence-corrected chi connectivity index (χ4v) is 5.15. The minimum Gasteiger partial charge on any atom is -0.507 e. The molecule has 0 saturated carbocycles. The maximum atomic E-state index is 11.7.